The largest absolute Gasteiger partial charge is 0.469 e. The Kier molecular flexibility index (Phi) is 6.59. The van der Waals surface area contributed by atoms with Gasteiger partial charge in [0.15, 0.2) is 0 Å². The van der Waals surface area contributed by atoms with E-state index in [-0.39, 0.29) is 24.1 Å². The standard InChI is InChI=1S/C15H24N2O5S/c1-21-15(18)9-14(13-5-3-2-4-6-13)17-23(19,20)8-7-12-10-16-22-11-12/h10-11,13-14,17H,2-9H2,1H3/t14-/m1/s1. The van der Waals surface area contributed by atoms with Crippen LogP contribution in [0, 0.1) is 5.92 Å². The molecule has 0 unspecified atom stereocenters. The molecule has 2 rings (SSSR count). The van der Waals surface area contributed by atoms with Crippen molar-refractivity contribution in [3.8, 4) is 0 Å². The van der Waals surface area contributed by atoms with E-state index in [4.69, 9.17) is 9.26 Å². The zero-order valence-corrected chi connectivity index (χ0v) is 14.2. The van der Waals surface area contributed by atoms with E-state index in [2.05, 4.69) is 9.88 Å². The van der Waals surface area contributed by atoms with Crippen LogP contribution in [-0.4, -0.2) is 38.4 Å². The average molecular weight is 344 g/mol. The van der Waals surface area contributed by atoms with Crippen LogP contribution in [0.2, 0.25) is 0 Å². The van der Waals surface area contributed by atoms with Crippen molar-refractivity contribution in [1.82, 2.24) is 9.88 Å². The number of rotatable bonds is 8. The molecule has 1 heterocycles. The first-order valence-electron chi connectivity index (χ1n) is 7.95. The number of nitrogens with one attached hydrogen (secondary N) is 1. The van der Waals surface area contributed by atoms with Gasteiger partial charge in [0.2, 0.25) is 10.0 Å². The molecule has 1 aromatic heterocycles. The fraction of sp³-hybridized carbons (Fsp3) is 0.733. The molecule has 0 bridgehead atoms. The summed E-state index contributed by atoms with van der Waals surface area (Å²) in [7, 11) is -2.17. The van der Waals surface area contributed by atoms with Crippen molar-refractivity contribution in [2.45, 2.75) is 51.0 Å². The first-order valence-corrected chi connectivity index (χ1v) is 9.60. The highest BCUT2D eigenvalue weighted by Gasteiger charge is 2.29. The van der Waals surface area contributed by atoms with Gasteiger partial charge in [0.05, 0.1) is 25.5 Å². The molecule has 1 saturated carbocycles. The second-order valence-electron chi connectivity index (χ2n) is 6.00. The van der Waals surface area contributed by atoms with E-state index >= 15 is 0 Å². The van der Waals surface area contributed by atoms with Crippen LogP contribution >= 0.6 is 0 Å². The van der Waals surface area contributed by atoms with Crippen LogP contribution in [0.5, 0.6) is 0 Å². The number of nitrogens with zero attached hydrogens (tertiary/aromatic N) is 1. The number of esters is 1. The molecule has 0 aliphatic heterocycles. The summed E-state index contributed by atoms with van der Waals surface area (Å²) in [6, 6.07) is -0.393. The first kappa shape index (κ1) is 17.9. The Hall–Kier alpha value is -1.41. The third-order valence-electron chi connectivity index (χ3n) is 4.31. The van der Waals surface area contributed by atoms with Crippen LogP contribution in [0.1, 0.15) is 44.1 Å². The monoisotopic (exact) mass is 344 g/mol. The number of carbonyl (C=O) groups excluding carboxylic acids is 1. The minimum Gasteiger partial charge on any atom is -0.469 e. The maximum absolute atomic E-state index is 12.3. The molecule has 0 radical (unpaired) electrons. The molecule has 1 aliphatic rings. The normalized spacial score (nSPS) is 17.8. The van der Waals surface area contributed by atoms with E-state index in [0.29, 0.717) is 6.42 Å². The number of ether oxygens (including phenoxy) is 1. The third-order valence-corrected chi connectivity index (χ3v) is 5.71. The summed E-state index contributed by atoms with van der Waals surface area (Å²) in [5.74, 6) is -0.256. The Bertz CT molecular complexity index is 579. The lowest BCUT2D eigenvalue weighted by atomic mass is 9.83. The van der Waals surface area contributed by atoms with Crippen LogP contribution in [0.15, 0.2) is 17.0 Å². The Morgan fingerprint density at radius 3 is 2.78 bits per heavy atom. The molecular formula is C15H24N2O5S. The van der Waals surface area contributed by atoms with Crippen LogP contribution < -0.4 is 4.72 Å². The maximum Gasteiger partial charge on any atom is 0.307 e. The lowest BCUT2D eigenvalue weighted by Gasteiger charge is -2.30. The highest BCUT2D eigenvalue weighted by Crippen LogP contribution is 2.28. The van der Waals surface area contributed by atoms with Gasteiger partial charge in [-0.2, -0.15) is 0 Å². The second-order valence-corrected chi connectivity index (χ2v) is 7.88. The van der Waals surface area contributed by atoms with Crippen molar-refractivity contribution >= 4 is 16.0 Å². The molecule has 8 heteroatoms. The molecule has 0 amide bonds. The van der Waals surface area contributed by atoms with Gasteiger partial charge in [-0.25, -0.2) is 13.1 Å². The van der Waals surface area contributed by atoms with Gasteiger partial charge in [-0.1, -0.05) is 24.4 Å². The smallest absolute Gasteiger partial charge is 0.307 e. The zero-order valence-electron chi connectivity index (χ0n) is 13.4. The van der Waals surface area contributed by atoms with Crippen LogP contribution in [0.4, 0.5) is 0 Å². The Morgan fingerprint density at radius 2 is 2.17 bits per heavy atom. The minimum atomic E-state index is -3.49. The fourth-order valence-corrected chi connectivity index (χ4v) is 4.36. The van der Waals surface area contributed by atoms with E-state index in [9.17, 15) is 13.2 Å². The van der Waals surface area contributed by atoms with E-state index in [1.807, 2.05) is 0 Å². The highest BCUT2D eigenvalue weighted by molar-refractivity contribution is 7.89. The topological polar surface area (TPSA) is 98.5 Å². The molecular weight excluding hydrogens is 320 g/mol. The summed E-state index contributed by atoms with van der Waals surface area (Å²) < 4.78 is 36.8. The summed E-state index contributed by atoms with van der Waals surface area (Å²) in [4.78, 5) is 11.6. The Labute approximate surface area is 136 Å². The minimum absolute atomic E-state index is 0.0569. The summed E-state index contributed by atoms with van der Waals surface area (Å²) in [6.07, 6.45) is 8.54. The lowest BCUT2D eigenvalue weighted by molar-refractivity contribution is -0.141. The van der Waals surface area contributed by atoms with E-state index in [1.54, 1.807) is 0 Å². The number of hydrogen-bond acceptors (Lipinski definition) is 6. The van der Waals surface area contributed by atoms with Gasteiger partial charge in [0.1, 0.15) is 6.26 Å². The second kappa shape index (κ2) is 8.44. The first-order chi connectivity index (χ1) is 11.0. The zero-order chi connectivity index (χ0) is 16.7. The molecule has 0 aromatic carbocycles. The summed E-state index contributed by atoms with van der Waals surface area (Å²) in [6.45, 7) is 0. The fourth-order valence-electron chi connectivity index (χ4n) is 3.00. The van der Waals surface area contributed by atoms with Crippen molar-refractivity contribution in [2.24, 2.45) is 5.92 Å². The Morgan fingerprint density at radius 1 is 1.43 bits per heavy atom. The quantitative estimate of drug-likeness (QED) is 0.720. The van der Waals surface area contributed by atoms with E-state index < -0.39 is 16.1 Å². The lowest BCUT2D eigenvalue weighted by Crippen LogP contribution is -2.43. The number of aryl methyl sites for hydroxylation is 1. The SMILES string of the molecule is COC(=O)C[C@@H](NS(=O)(=O)CCc1cnoc1)C1CCCCC1. The molecule has 1 aromatic rings. The van der Waals surface area contributed by atoms with E-state index in [0.717, 1.165) is 31.2 Å². The van der Waals surface area contributed by atoms with Gasteiger partial charge in [-0.05, 0) is 25.2 Å². The van der Waals surface area contributed by atoms with Gasteiger partial charge < -0.3 is 9.26 Å². The molecule has 23 heavy (non-hydrogen) atoms. The number of sulfonamides is 1. The van der Waals surface area contributed by atoms with Crippen LogP contribution in [0.3, 0.4) is 0 Å². The van der Waals surface area contributed by atoms with Crippen molar-refractivity contribution in [1.29, 1.82) is 0 Å². The maximum atomic E-state index is 12.3. The third kappa shape index (κ3) is 5.95. The van der Waals surface area contributed by atoms with E-state index in [1.165, 1.54) is 26.0 Å². The van der Waals surface area contributed by atoms with Gasteiger partial charge in [0, 0.05) is 11.6 Å². The molecule has 1 fully saturated rings. The molecule has 1 atom stereocenters. The van der Waals surface area contributed by atoms with Crippen molar-refractivity contribution in [2.75, 3.05) is 12.9 Å². The molecule has 7 nitrogen and oxygen atoms in total. The predicted octanol–water partition coefficient (Wildman–Crippen LogP) is 1.65. The number of methoxy groups -OCH3 is 1. The number of carbonyl (C=O) groups is 1. The molecule has 0 saturated heterocycles. The predicted molar refractivity (Wildman–Crippen MR) is 84.1 cm³/mol. The highest BCUT2D eigenvalue weighted by atomic mass is 32.2. The molecule has 1 aliphatic carbocycles. The van der Waals surface area contributed by atoms with Gasteiger partial charge in [-0.15, -0.1) is 0 Å². The van der Waals surface area contributed by atoms with Gasteiger partial charge in [-0.3, -0.25) is 4.79 Å². The molecule has 0 spiro atoms. The molecule has 130 valence electrons. The summed E-state index contributed by atoms with van der Waals surface area (Å²) >= 11 is 0. The van der Waals surface area contributed by atoms with Crippen molar-refractivity contribution in [3.05, 3.63) is 18.0 Å². The van der Waals surface area contributed by atoms with Gasteiger partial charge >= 0.3 is 5.97 Å². The van der Waals surface area contributed by atoms with Gasteiger partial charge in [0.25, 0.3) is 0 Å². The summed E-state index contributed by atoms with van der Waals surface area (Å²) in [5, 5.41) is 3.56. The average Bonchev–Trinajstić information content (AvgIpc) is 3.06. The summed E-state index contributed by atoms with van der Waals surface area (Å²) in [5.41, 5.74) is 0.734. The number of hydrogen-bond donors (Lipinski definition) is 1. The Balaban J connectivity index is 1.97. The van der Waals surface area contributed by atoms with Crippen LogP contribution in [0.25, 0.3) is 0 Å². The number of aromatic nitrogens is 1. The van der Waals surface area contributed by atoms with Crippen molar-refractivity contribution in [3.63, 3.8) is 0 Å². The van der Waals surface area contributed by atoms with Crippen LogP contribution in [-0.2, 0) is 26.0 Å². The van der Waals surface area contributed by atoms with Crippen molar-refractivity contribution < 1.29 is 22.5 Å². The molecule has 1 N–H and O–H groups in total.